The predicted molar refractivity (Wildman–Crippen MR) is 46.1 cm³/mol. The molecular formula is C9H11FO4. The largest absolute Gasteiger partial charge is 0.505 e. The summed E-state index contributed by atoms with van der Waals surface area (Å²) in [6.07, 6.45) is -2.95. The van der Waals surface area contributed by atoms with Gasteiger partial charge < -0.3 is 20.4 Å². The van der Waals surface area contributed by atoms with Gasteiger partial charge in [0, 0.05) is 5.56 Å². The van der Waals surface area contributed by atoms with Gasteiger partial charge in [-0.1, -0.05) is 12.1 Å². The third-order valence-corrected chi connectivity index (χ3v) is 1.89. The lowest BCUT2D eigenvalue weighted by atomic mass is 10.0. The van der Waals surface area contributed by atoms with Crippen LogP contribution in [0.2, 0.25) is 0 Å². The van der Waals surface area contributed by atoms with Crippen molar-refractivity contribution in [3.8, 4) is 5.75 Å². The van der Waals surface area contributed by atoms with Crippen LogP contribution < -0.4 is 0 Å². The Labute approximate surface area is 79.9 Å². The van der Waals surface area contributed by atoms with Crippen molar-refractivity contribution >= 4 is 0 Å². The monoisotopic (exact) mass is 202 g/mol. The first-order valence-electron chi connectivity index (χ1n) is 4.02. The third-order valence-electron chi connectivity index (χ3n) is 1.89. The van der Waals surface area contributed by atoms with E-state index in [1.165, 1.54) is 12.1 Å². The molecule has 0 saturated carbocycles. The molecule has 0 aliphatic carbocycles. The molecule has 0 aromatic heterocycles. The van der Waals surface area contributed by atoms with E-state index in [0.717, 1.165) is 6.07 Å². The van der Waals surface area contributed by atoms with Crippen molar-refractivity contribution in [2.45, 2.75) is 12.2 Å². The van der Waals surface area contributed by atoms with Crippen LogP contribution in [0.5, 0.6) is 5.75 Å². The summed E-state index contributed by atoms with van der Waals surface area (Å²) in [5.41, 5.74) is -0.147. The van der Waals surface area contributed by atoms with E-state index >= 15 is 0 Å². The van der Waals surface area contributed by atoms with Gasteiger partial charge in [-0.25, -0.2) is 4.39 Å². The second-order valence-corrected chi connectivity index (χ2v) is 2.87. The van der Waals surface area contributed by atoms with E-state index in [4.69, 9.17) is 10.2 Å². The number of phenolic OH excluding ortho intramolecular Hbond substituents is 1. The minimum absolute atomic E-state index is 0.147. The smallest absolute Gasteiger partial charge is 0.165 e. The Morgan fingerprint density at radius 1 is 1.29 bits per heavy atom. The molecule has 1 rings (SSSR count). The Morgan fingerprint density at radius 3 is 2.50 bits per heavy atom. The minimum atomic E-state index is -1.50. The van der Waals surface area contributed by atoms with Crippen LogP contribution in [0.3, 0.4) is 0 Å². The number of hydrogen-bond donors (Lipinski definition) is 4. The zero-order chi connectivity index (χ0) is 10.7. The fourth-order valence-electron chi connectivity index (χ4n) is 1.08. The number of hydrogen-bond acceptors (Lipinski definition) is 4. The Morgan fingerprint density at radius 2 is 1.93 bits per heavy atom. The van der Waals surface area contributed by atoms with Crippen LogP contribution in [-0.2, 0) is 0 Å². The van der Waals surface area contributed by atoms with Crippen molar-refractivity contribution in [1.82, 2.24) is 0 Å². The highest BCUT2D eigenvalue weighted by Gasteiger charge is 2.21. The molecule has 2 atom stereocenters. The van der Waals surface area contributed by atoms with Crippen LogP contribution in [0.4, 0.5) is 4.39 Å². The molecule has 0 amide bonds. The van der Waals surface area contributed by atoms with E-state index in [2.05, 4.69) is 0 Å². The number of halogens is 1. The first kappa shape index (κ1) is 10.9. The van der Waals surface area contributed by atoms with Gasteiger partial charge in [-0.3, -0.25) is 0 Å². The minimum Gasteiger partial charge on any atom is -0.505 e. The molecule has 0 fully saturated rings. The number of aromatic hydroxyl groups is 1. The lowest BCUT2D eigenvalue weighted by Gasteiger charge is -2.16. The van der Waals surface area contributed by atoms with Gasteiger partial charge in [0.05, 0.1) is 6.61 Å². The van der Waals surface area contributed by atoms with E-state index in [1.807, 2.05) is 0 Å². The average Bonchev–Trinajstić information content (AvgIpc) is 2.20. The van der Waals surface area contributed by atoms with Crippen LogP contribution in [0.1, 0.15) is 11.7 Å². The molecule has 0 radical (unpaired) electrons. The highest BCUT2D eigenvalue weighted by atomic mass is 19.1. The van der Waals surface area contributed by atoms with Crippen LogP contribution >= 0.6 is 0 Å². The topological polar surface area (TPSA) is 80.9 Å². The molecule has 0 aliphatic rings. The molecule has 78 valence electrons. The predicted octanol–water partition coefficient (Wildman–Crippen LogP) is -0.0821. The molecule has 5 heteroatoms. The number of rotatable bonds is 3. The number of para-hydroxylation sites is 1. The summed E-state index contributed by atoms with van der Waals surface area (Å²) in [5, 5.41) is 36.1. The molecule has 2 unspecified atom stereocenters. The highest BCUT2D eigenvalue weighted by molar-refractivity contribution is 5.35. The molecule has 4 N–H and O–H groups in total. The summed E-state index contributed by atoms with van der Waals surface area (Å²) < 4.78 is 12.8. The highest BCUT2D eigenvalue weighted by Crippen LogP contribution is 2.28. The Balaban J connectivity index is 3.01. The maximum absolute atomic E-state index is 12.8. The summed E-state index contributed by atoms with van der Waals surface area (Å²) in [6.45, 7) is -0.670. The maximum Gasteiger partial charge on any atom is 0.165 e. The van der Waals surface area contributed by atoms with Gasteiger partial charge in [0.15, 0.2) is 11.6 Å². The number of aliphatic hydroxyl groups excluding tert-OH is 3. The summed E-state index contributed by atoms with van der Waals surface area (Å²) in [6, 6.07) is 3.58. The molecule has 0 heterocycles. The average molecular weight is 202 g/mol. The maximum atomic E-state index is 12.8. The molecular weight excluding hydrogens is 191 g/mol. The van der Waals surface area contributed by atoms with E-state index in [0.29, 0.717) is 0 Å². The summed E-state index contributed by atoms with van der Waals surface area (Å²) in [4.78, 5) is 0. The summed E-state index contributed by atoms with van der Waals surface area (Å²) in [7, 11) is 0. The molecule has 1 aromatic carbocycles. The normalized spacial score (nSPS) is 15.1. The number of aliphatic hydroxyl groups is 3. The number of phenols is 1. The first-order chi connectivity index (χ1) is 6.57. The Bertz CT molecular complexity index is 316. The second kappa shape index (κ2) is 4.36. The van der Waals surface area contributed by atoms with Crippen LogP contribution in [-0.4, -0.2) is 33.1 Å². The van der Waals surface area contributed by atoms with Crippen molar-refractivity contribution in [2.75, 3.05) is 6.61 Å². The van der Waals surface area contributed by atoms with Gasteiger partial charge in [-0.05, 0) is 6.07 Å². The Hall–Kier alpha value is -1.17. The van der Waals surface area contributed by atoms with Crippen molar-refractivity contribution in [1.29, 1.82) is 0 Å². The molecule has 0 bridgehead atoms. The van der Waals surface area contributed by atoms with Gasteiger partial charge >= 0.3 is 0 Å². The molecule has 4 nitrogen and oxygen atoms in total. The summed E-state index contributed by atoms with van der Waals surface area (Å²) in [5.74, 6) is -1.60. The zero-order valence-corrected chi connectivity index (χ0v) is 7.26. The van der Waals surface area contributed by atoms with Gasteiger partial charge in [0.1, 0.15) is 12.2 Å². The van der Waals surface area contributed by atoms with E-state index in [9.17, 15) is 14.6 Å². The first-order valence-corrected chi connectivity index (χ1v) is 4.02. The fourth-order valence-corrected chi connectivity index (χ4v) is 1.08. The van der Waals surface area contributed by atoms with Gasteiger partial charge in [-0.15, -0.1) is 0 Å². The Kier molecular flexibility index (Phi) is 3.40. The van der Waals surface area contributed by atoms with E-state index in [-0.39, 0.29) is 5.56 Å². The SMILES string of the molecule is OCC(O)C(O)c1cccc(F)c1O. The van der Waals surface area contributed by atoms with Crippen LogP contribution in [0.25, 0.3) is 0 Å². The molecule has 0 aliphatic heterocycles. The van der Waals surface area contributed by atoms with Crippen molar-refractivity contribution < 1.29 is 24.8 Å². The molecule has 14 heavy (non-hydrogen) atoms. The fraction of sp³-hybridized carbons (Fsp3) is 0.333. The van der Waals surface area contributed by atoms with E-state index in [1.54, 1.807) is 0 Å². The van der Waals surface area contributed by atoms with Crippen LogP contribution in [0.15, 0.2) is 18.2 Å². The molecule has 1 aromatic rings. The third kappa shape index (κ3) is 2.01. The lowest BCUT2D eigenvalue weighted by molar-refractivity contribution is -0.0164. The van der Waals surface area contributed by atoms with Crippen molar-refractivity contribution in [3.63, 3.8) is 0 Å². The van der Waals surface area contributed by atoms with Crippen LogP contribution in [0, 0.1) is 5.82 Å². The van der Waals surface area contributed by atoms with Gasteiger partial charge in [0.2, 0.25) is 0 Å². The second-order valence-electron chi connectivity index (χ2n) is 2.87. The zero-order valence-electron chi connectivity index (χ0n) is 7.26. The molecule has 0 spiro atoms. The summed E-state index contributed by atoms with van der Waals surface area (Å²) >= 11 is 0. The van der Waals surface area contributed by atoms with Gasteiger partial charge in [0.25, 0.3) is 0 Å². The standard InChI is InChI=1S/C9H11FO4/c10-6-3-1-2-5(8(6)13)9(14)7(12)4-11/h1-3,7,9,11-14H,4H2. The quantitative estimate of drug-likeness (QED) is 0.552. The van der Waals surface area contributed by atoms with Crippen molar-refractivity contribution in [3.05, 3.63) is 29.6 Å². The lowest BCUT2D eigenvalue weighted by Crippen LogP contribution is -2.22. The van der Waals surface area contributed by atoms with Crippen molar-refractivity contribution in [2.24, 2.45) is 0 Å². The number of benzene rings is 1. The van der Waals surface area contributed by atoms with Gasteiger partial charge in [-0.2, -0.15) is 0 Å². The molecule has 0 saturated heterocycles. The van der Waals surface area contributed by atoms with E-state index < -0.39 is 30.4 Å².